The summed E-state index contributed by atoms with van der Waals surface area (Å²) in [7, 11) is -1.72. The van der Waals surface area contributed by atoms with E-state index in [1.54, 1.807) is 0 Å². The van der Waals surface area contributed by atoms with E-state index in [-0.39, 0.29) is 0 Å². The van der Waals surface area contributed by atoms with E-state index in [2.05, 4.69) is 97.5 Å². The van der Waals surface area contributed by atoms with Gasteiger partial charge in [0.2, 0.25) is 0 Å². The van der Waals surface area contributed by atoms with Crippen molar-refractivity contribution in [2.24, 2.45) is 0 Å². The Kier molecular flexibility index (Phi) is 4.81. The Balaban J connectivity index is 1.93. The molecule has 0 unspecified atom stereocenters. The molecule has 0 saturated heterocycles. The van der Waals surface area contributed by atoms with Crippen LogP contribution in [0.5, 0.6) is 0 Å². The van der Waals surface area contributed by atoms with Crippen molar-refractivity contribution >= 4 is 30.2 Å². The van der Waals surface area contributed by atoms with Gasteiger partial charge in [-0.05, 0) is 12.1 Å². The van der Waals surface area contributed by atoms with Gasteiger partial charge in [-0.3, -0.25) is 0 Å². The lowest BCUT2D eigenvalue weighted by atomic mass is 10.4. The van der Waals surface area contributed by atoms with Gasteiger partial charge in [0.15, 0.2) is 0 Å². The summed E-state index contributed by atoms with van der Waals surface area (Å²) in [6, 6.07) is 32.8. The van der Waals surface area contributed by atoms with Gasteiger partial charge in [-0.15, -0.1) is 11.8 Å². The molecule has 3 aromatic carbocycles. The van der Waals surface area contributed by atoms with E-state index in [9.17, 15) is 0 Å². The molecule has 0 aliphatic rings. The molecular weight excluding hydrogens is 300 g/mol. The van der Waals surface area contributed by atoms with Crippen LogP contribution < -0.4 is 10.4 Å². The van der Waals surface area contributed by atoms with Crippen LogP contribution in [0, 0.1) is 0 Å². The minimum Gasteiger partial charge on any atom is -0.128 e. The highest BCUT2D eigenvalue weighted by Crippen LogP contribution is 2.21. The van der Waals surface area contributed by atoms with Gasteiger partial charge in [-0.2, -0.15) is 0 Å². The maximum Gasteiger partial charge on any atom is 0.125 e. The molecule has 0 aliphatic carbocycles. The zero-order valence-electron chi connectivity index (χ0n) is 12.8. The Labute approximate surface area is 138 Å². The Morgan fingerprint density at radius 3 is 1.50 bits per heavy atom. The van der Waals surface area contributed by atoms with E-state index in [0.717, 1.165) is 5.38 Å². The van der Waals surface area contributed by atoms with Gasteiger partial charge in [-0.1, -0.05) is 95.8 Å². The van der Waals surface area contributed by atoms with E-state index in [4.69, 9.17) is 0 Å². The molecule has 0 aliphatic heterocycles. The Morgan fingerprint density at radius 1 is 0.636 bits per heavy atom. The first-order valence-electron chi connectivity index (χ1n) is 7.58. The molecule has 0 amide bonds. The SMILES string of the molecule is C[Si](CSc1ccccc1)(c1ccccc1)c1ccccc1. The molecule has 2 heteroatoms. The molecule has 0 bridgehead atoms. The first kappa shape index (κ1) is 15.1. The third kappa shape index (κ3) is 3.34. The molecule has 0 atom stereocenters. The van der Waals surface area contributed by atoms with Crippen LogP contribution in [-0.2, 0) is 0 Å². The van der Waals surface area contributed by atoms with Gasteiger partial charge in [-0.25, -0.2) is 0 Å². The van der Waals surface area contributed by atoms with E-state index >= 15 is 0 Å². The smallest absolute Gasteiger partial charge is 0.125 e. The first-order chi connectivity index (χ1) is 10.8. The van der Waals surface area contributed by atoms with Gasteiger partial charge in [0.25, 0.3) is 0 Å². The Morgan fingerprint density at radius 2 is 1.05 bits per heavy atom. The van der Waals surface area contributed by atoms with Gasteiger partial charge in [0.1, 0.15) is 8.07 Å². The summed E-state index contributed by atoms with van der Waals surface area (Å²) >= 11 is 1.98. The average Bonchev–Trinajstić information content (AvgIpc) is 2.62. The lowest BCUT2D eigenvalue weighted by molar-refractivity contribution is 1.46. The van der Waals surface area contributed by atoms with Crippen LogP contribution in [0.15, 0.2) is 95.9 Å². The highest BCUT2D eigenvalue weighted by Gasteiger charge is 2.31. The summed E-state index contributed by atoms with van der Waals surface area (Å²) < 4.78 is 0. The van der Waals surface area contributed by atoms with Crippen molar-refractivity contribution in [2.45, 2.75) is 11.4 Å². The highest BCUT2D eigenvalue weighted by molar-refractivity contribution is 8.01. The second-order valence-corrected chi connectivity index (χ2v) is 11.4. The fourth-order valence-electron chi connectivity index (χ4n) is 2.69. The predicted molar refractivity (Wildman–Crippen MR) is 101 cm³/mol. The Bertz CT molecular complexity index is 656. The average molecular weight is 321 g/mol. The number of rotatable bonds is 5. The van der Waals surface area contributed by atoms with Crippen molar-refractivity contribution in [1.29, 1.82) is 0 Å². The van der Waals surface area contributed by atoms with Crippen molar-refractivity contribution in [1.82, 2.24) is 0 Å². The monoisotopic (exact) mass is 320 g/mol. The molecule has 0 spiro atoms. The maximum absolute atomic E-state index is 2.48. The topological polar surface area (TPSA) is 0 Å². The van der Waals surface area contributed by atoms with Crippen LogP contribution in [0.2, 0.25) is 6.55 Å². The fraction of sp³-hybridized carbons (Fsp3) is 0.100. The zero-order chi connectivity index (χ0) is 15.3. The summed E-state index contributed by atoms with van der Waals surface area (Å²) in [4.78, 5) is 1.35. The summed E-state index contributed by atoms with van der Waals surface area (Å²) in [5.41, 5.74) is 0. The minimum atomic E-state index is -1.72. The van der Waals surface area contributed by atoms with Crippen molar-refractivity contribution in [2.75, 3.05) is 5.38 Å². The molecule has 0 nitrogen and oxygen atoms in total. The quantitative estimate of drug-likeness (QED) is 0.501. The van der Waals surface area contributed by atoms with Crippen LogP contribution in [0.4, 0.5) is 0 Å². The van der Waals surface area contributed by atoms with Crippen molar-refractivity contribution in [3.05, 3.63) is 91.0 Å². The number of hydrogen-bond acceptors (Lipinski definition) is 1. The summed E-state index contributed by atoms with van der Waals surface area (Å²) in [6.45, 7) is 2.48. The van der Waals surface area contributed by atoms with Crippen LogP contribution in [-0.4, -0.2) is 13.5 Å². The summed E-state index contributed by atoms with van der Waals surface area (Å²) in [5, 5.41) is 4.17. The van der Waals surface area contributed by atoms with E-state index in [0.29, 0.717) is 0 Å². The van der Waals surface area contributed by atoms with E-state index in [1.165, 1.54) is 15.3 Å². The molecule has 0 N–H and O–H groups in total. The second kappa shape index (κ2) is 6.99. The maximum atomic E-state index is 2.48. The molecule has 3 aromatic rings. The van der Waals surface area contributed by atoms with E-state index in [1.807, 2.05) is 11.8 Å². The lowest BCUT2D eigenvalue weighted by Crippen LogP contribution is -2.58. The number of thioether (sulfide) groups is 1. The van der Waals surface area contributed by atoms with Crippen LogP contribution >= 0.6 is 11.8 Å². The third-order valence-electron chi connectivity index (χ3n) is 4.09. The normalized spacial score (nSPS) is 11.3. The van der Waals surface area contributed by atoms with Crippen molar-refractivity contribution in [3.8, 4) is 0 Å². The van der Waals surface area contributed by atoms with Gasteiger partial charge < -0.3 is 0 Å². The third-order valence-corrected chi connectivity index (χ3v) is 10.8. The molecule has 22 heavy (non-hydrogen) atoms. The Hall–Kier alpha value is -1.77. The molecule has 110 valence electrons. The predicted octanol–water partition coefficient (Wildman–Crippen LogP) is 4.21. The van der Waals surface area contributed by atoms with Crippen LogP contribution in [0.25, 0.3) is 0 Å². The molecule has 0 heterocycles. The molecule has 3 rings (SSSR count). The largest absolute Gasteiger partial charge is 0.128 e. The zero-order valence-corrected chi connectivity index (χ0v) is 14.6. The van der Waals surface area contributed by atoms with Crippen LogP contribution in [0.3, 0.4) is 0 Å². The van der Waals surface area contributed by atoms with Gasteiger partial charge in [0, 0.05) is 10.3 Å². The minimum absolute atomic E-state index is 1.16. The molecular formula is C20H20SSi. The summed E-state index contributed by atoms with van der Waals surface area (Å²) in [5.74, 6) is 0. The number of hydrogen-bond donors (Lipinski definition) is 0. The van der Waals surface area contributed by atoms with Gasteiger partial charge in [0.05, 0.1) is 0 Å². The standard InChI is InChI=1S/C20H20SSi/c1-22(19-13-7-3-8-14-19,20-15-9-4-10-16-20)17-21-18-11-5-2-6-12-18/h2-16H,17H2,1H3. The summed E-state index contributed by atoms with van der Waals surface area (Å²) in [6.07, 6.45) is 0. The molecule has 0 aromatic heterocycles. The second-order valence-electron chi connectivity index (χ2n) is 5.67. The molecule has 0 radical (unpaired) electrons. The molecule has 0 fully saturated rings. The van der Waals surface area contributed by atoms with Crippen LogP contribution in [0.1, 0.15) is 0 Å². The highest BCUT2D eigenvalue weighted by atomic mass is 32.2. The fourth-order valence-corrected chi connectivity index (χ4v) is 8.38. The van der Waals surface area contributed by atoms with Gasteiger partial charge >= 0.3 is 0 Å². The van der Waals surface area contributed by atoms with Crippen molar-refractivity contribution < 1.29 is 0 Å². The number of benzene rings is 3. The van der Waals surface area contributed by atoms with E-state index < -0.39 is 8.07 Å². The van der Waals surface area contributed by atoms with Crippen molar-refractivity contribution in [3.63, 3.8) is 0 Å². The first-order valence-corrected chi connectivity index (χ1v) is 11.3. The lowest BCUT2D eigenvalue weighted by Gasteiger charge is -2.28. The molecule has 0 saturated carbocycles.